The predicted molar refractivity (Wildman–Crippen MR) is 79.6 cm³/mol. The Balaban J connectivity index is 1.81. The number of aryl methyl sites for hydroxylation is 1. The summed E-state index contributed by atoms with van der Waals surface area (Å²) in [4.78, 5) is 14.2. The van der Waals surface area contributed by atoms with Crippen LogP contribution in [0, 0.1) is 0 Å². The van der Waals surface area contributed by atoms with Crippen LogP contribution in [-0.2, 0) is 16.0 Å². The molecule has 1 aliphatic rings. The van der Waals surface area contributed by atoms with Crippen LogP contribution in [0.2, 0.25) is 0 Å². The third kappa shape index (κ3) is 4.32. The number of hydrogen-bond donors (Lipinski definition) is 1. The Morgan fingerprint density at radius 1 is 1.40 bits per heavy atom. The highest BCUT2D eigenvalue weighted by molar-refractivity contribution is 5.76. The molecule has 1 saturated heterocycles. The molecule has 0 saturated carbocycles. The standard InChI is InChI=1S/C16H24N2O2/c1-2-20-16(19)15-13-17-10-12-18(15)11-6-9-14-7-4-3-5-8-14/h3-5,7-8,15,17H,2,6,9-13H2,1H3. The van der Waals surface area contributed by atoms with Gasteiger partial charge in [-0.1, -0.05) is 30.3 Å². The third-order valence-corrected chi connectivity index (χ3v) is 3.67. The van der Waals surface area contributed by atoms with Crippen molar-refractivity contribution < 1.29 is 9.53 Å². The van der Waals surface area contributed by atoms with Crippen LogP contribution in [0.1, 0.15) is 18.9 Å². The topological polar surface area (TPSA) is 41.6 Å². The first-order chi connectivity index (χ1) is 9.81. The van der Waals surface area contributed by atoms with E-state index in [4.69, 9.17) is 4.74 Å². The fourth-order valence-electron chi connectivity index (χ4n) is 2.62. The number of nitrogens with zero attached hydrogens (tertiary/aromatic N) is 1. The van der Waals surface area contributed by atoms with Gasteiger partial charge in [0.2, 0.25) is 0 Å². The molecule has 4 nitrogen and oxygen atoms in total. The van der Waals surface area contributed by atoms with Crippen molar-refractivity contribution in [2.24, 2.45) is 0 Å². The van der Waals surface area contributed by atoms with E-state index in [0.717, 1.165) is 32.5 Å². The van der Waals surface area contributed by atoms with Crippen LogP contribution in [0.15, 0.2) is 30.3 Å². The molecular formula is C16H24N2O2. The van der Waals surface area contributed by atoms with E-state index in [-0.39, 0.29) is 12.0 Å². The summed E-state index contributed by atoms with van der Waals surface area (Å²) in [5, 5.41) is 3.27. The third-order valence-electron chi connectivity index (χ3n) is 3.67. The number of rotatable bonds is 6. The van der Waals surface area contributed by atoms with Crippen molar-refractivity contribution in [2.45, 2.75) is 25.8 Å². The van der Waals surface area contributed by atoms with Gasteiger partial charge in [0, 0.05) is 19.6 Å². The van der Waals surface area contributed by atoms with E-state index < -0.39 is 0 Å². The van der Waals surface area contributed by atoms with Gasteiger partial charge in [-0.25, -0.2) is 0 Å². The van der Waals surface area contributed by atoms with Gasteiger partial charge >= 0.3 is 5.97 Å². The predicted octanol–water partition coefficient (Wildman–Crippen LogP) is 1.46. The zero-order valence-corrected chi connectivity index (χ0v) is 12.2. The lowest BCUT2D eigenvalue weighted by molar-refractivity contribution is -0.150. The molecule has 1 fully saturated rings. The van der Waals surface area contributed by atoms with Gasteiger partial charge < -0.3 is 10.1 Å². The summed E-state index contributed by atoms with van der Waals surface area (Å²) in [6.45, 7) is 5.81. The van der Waals surface area contributed by atoms with E-state index in [1.807, 2.05) is 13.0 Å². The van der Waals surface area contributed by atoms with E-state index in [1.165, 1.54) is 5.56 Å². The van der Waals surface area contributed by atoms with Gasteiger partial charge in [0.25, 0.3) is 0 Å². The summed E-state index contributed by atoms with van der Waals surface area (Å²) in [5.74, 6) is -0.0978. The quantitative estimate of drug-likeness (QED) is 0.799. The molecule has 0 aromatic heterocycles. The lowest BCUT2D eigenvalue weighted by Crippen LogP contribution is -2.55. The molecule has 0 amide bonds. The molecule has 1 aliphatic heterocycles. The van der Waals surface area contributed by atoms with Gasteiger partial charge in [-0.3, -0.25) is 9.69 Å². The first-order valence-electron chi connectivity index (χ1n) is 7.46. The maximum atomic E-state index is 11.9. The van der Waals surface area contributed by atoms with E-state index in [9.17, 15) is 4.79 Å². The average molecular weight is 276 g/mol. The highest BCUT2D eigenvalue weighted by Crippen LogP contribution is 2.09. The molecule has 1 aromatic rings. The van der Waals surface area contributed by atoms with Crippen LogP contribution in [0.3, 0.4) is 0 Å². The van der Waals surface area contributed by atoms with Crippen molar-refractivity contribution in [1.29, 1.82) is 0 Å². The van der Waals surface area contributed by atoms with Crippen molar-refractivity contribution >= 4 is 5.97 Å². The number of carbonyl (C=O) groups is 1. The van der Waals surface area contributed by atoms with Gasteiger partial charge in [0.1, 0.15) is 6.04 Å². The van der Waals surface area contributed by atoms with Crippen LogP contribution >= 0.6 is 0 Å². The van der Waals surface area contributed by atoms with Crippen LogP contribution in [0.25, 0.3) is 0 Å². The molecule has 1 N–H and O–H groups in total. The summed E-state index contributed by atoms with van der Waals surface area (Å²) in [7, 11) is 0. The number of hydrogen-bond acceptors (Lipinski definition) is 4. The Labute approximate surface area is 121 Å². The van der Waals surface area contributed by atoms with E-state index in [0.29, 0.717) is 13.2 Å². The minimum atomic E-state index is -0.125. The minimum Gasteiger partial charge on any atom is -0.465 e. The van der Waals surface area contributed by atoms with Crippen molar-refractivity contribution in [3.63, 3.8) is 0 Å². The molecule has 4 heteroatoms. The van der Waals surface area contributed by atoms with Crippen LogP contribution in [-0.4, -0.2) is 49.7 Å². The normalized spacial score (nSPS) is 19.8. The monoisotopic (exact) mass is 276 g/mol. The van der Waals surface area contributed by atoms with Crippen LogP contribution in [0.4, 0.5) is 0 Å². The van der Waals surface area contributed by atoms with E-state index in [1.54, 1.807) is 0 Å². The van der Waals surface area contributed by atoms with E-state index in [2.05, 4.69) is 34.5 Å². The van der Waals surface area contributed by atoms with Crippen molar-refractivity contribution in [2.75, 3.05) is 32.8 Å². The zero-order valence-electron chi connectivity index (χ0n) is 12.2. The fraction of sp³-hybridized carbons (Fsp3) is 0.562. The molecular weight excluding hydrogens is 252 g/mol. The lowest BCUT2D eigenvalue weighted by atomic mass is 10.1. The molecule has 0 aliphatic carbocycles. The Bertz CT molecular complexity index is 408. The molecule has 0 spiro atoms. The first kappa shape index (κ1) is 15.0. The maximum absolute atomic E-state index is 11.9. The Morgan fingerprint density at radius 3 is 2.95 bits per heavy atom. The second-order valence-electron chi connectivity index (χ2n) is 5.10. The molecule has 1 aromatic carbocycles. The Kier molecular flexibility index (Phi) is 6.02. The van der Waals surface area contributed by atoms with Gasteiger partial charge in [0.05, 0.1) is 6.61 Å². The molecule has 1 unspecified atom stereocenters. The number of benzene rings is 1. The number of piperazine rings is 1. The number of esters is 1. The SMILES string of the molecule is CCOC(=O)C1CNCCN1CCCc1ccccc1. The van der Waals surface area contributed by atoms with Gasteiger partial charge in [-0.2, -0.15) is 0 Å². The molecule has 1 atom stereocenters. The Hall–Kier alpha value is -1.39. The van der Waals surface area contributed by atoms with Crippen LogP contribution in [0.5, 0.6) is 0 Å². The van der Waals surface area contributed by atoms with Gasteiger partial charge in [0.15, 0.2) is 0 Å². The first-order valence-corrected chi connectivity index (χ1v) is 7.46. The number of nitrogens with one attached hydrogen (secondary N) is 1. The van der Waals surface area contributed by atoms with Crippen LogP contribution < -0.4 is 5.32 Å². The number of carbonyl (C=O) groups excluding carboxylic acids is 1. The van der Waals surface area contributed by atoms with Crippen molar-refractivity contribution in [3.05, 3.63) is 35.9 Å². The highest BCUT2D eigenvalue weighted by atomic mass is 16.5. The van der Waals surface area contributed by atoms with Crippen molar-refractivity contribution in [1.82, 2.24) is 10.2 Å². The average Bonchev–Trinajstić information content (AvgIpc) is 2.49. The summed E-state index contributed by atoms with van der Waals surface area (Å²) in [6.07, 6.45) is 2.13. The van der Waals surface area contributed by atoms with Crippen molar-refractivity contribution in [3.8, 4) is 0 Å². The molecule has 20 heavy (non-hydrogen) atoms. The Morgan fingerprint density at radius 2 is 2.20 bits per heavy atom. The lowest BCUT2D eigenvalue weighted by Gasteiger charge is -2.34. The van der Waals surface area contributed by atoms with Gasteiger partial charge in [-0.05, 0) is 31.9 Å². The summed E-state index contributed by atoms with van der Waals surface area (Å²) in [5.41, 5.74) is 1.36. The zero-order chi connectivity index (χ0) is 14.2. The largest absolute Gasteiger partial charge is 0.465 e. The molecule has 110 valence electrons. The minimum absolute atomic E-state index is 0.0978. The summed E-state index contributed by atoms with van der Waals surface area (Å²) >= 11 is 0. The second kappa shape index (κ2) is 8.02. The molecule has 0 radical (unpaired) electrons. The fourth-order valence-corrected chi connectivity index (χ4v) is 2.62. The molecule has 0 bridgehead atoms. The van der Waals surface area contributed by atoms with E-state index >= 15 is 0 Å². The smallest absolute Gasteiger partial charge is 0.324 e. The molecule has 1 heterocycles. The summed E-state index contributed by atoms with van der Waals surface area (Å²) < 4.78 is 5.16. The molecule has 2 rings (SSSR count). The highest BCUT2D eigenvalue weighted by Gasteiger charge is 2.29. The second-order valence-corrected chi connectivity index (χ2v) is 5.10. The maximum Gasteiger partial charge on any atom is 0.324 e. The summed E-state index contributed by atoms with van der Waals surface area (Å²) in [6, 6.07) is 10.4. The van der Waals surface area contributed by atoms with Gasteiger partial charge in [-0.15, -0.1) is 0 Å². The number of ether oxygens (including phenoxy) is 1.